The van der Waals surface area contributed by atoms with E-state index >= 15 is 0 Å². The highest BCUT2D eigenvalue weighted by Gasteiger charge is 2.56. The van der Waals surface area contributed by atoms with Gasteiger partial charge in [-0.05, 0) is 37.6 Å². The summed E-state index contributed by atoms with van der Waals surface area (Å²) in [6.45, 7) is 3.66. The average molecular weight is 841 g/mol. The predicted octanol–water partition coefficient (Wildman–Crippen LogP) is 7.86. The summed E-state index contributed by atoms with van der Waals surface area (Å²) < 4.78 is 48.7. The summed E-state index contributed by atoms with van der Waals surface area (Å²) in [6, 6.07) is 10.4. The molecule has 0 aliphatic carbocycles. The molecule has 2 aromatic heterocycles. The number of hydrogen-bond acceptors (Lipinski definition) is 12. The van der Waals surface area contributed by atoms with Crippen molar-refractivity contribution in [1.82, 2.24) is 14.6 Å². The molecule has 0 spiro atoms. The number of rotatable bonds is 30. The first-order chi connectivity index (χ1) is 28.6. The second kappa shape index (κ2) is 25.4. The van der Waals surface area contributed by atoms with Crippen LogP contribution in [-0.2, 0) is 40.0 Å². The van der Waals surface area contributed by atoms with E-state index in [1.54, 1.807) is 37.3 Å². The van der Waals surface area contributed by atoms with Crippen molar-refractivity contribution < 1.29 is 47.7 Å². The molecule has 6 atom stereocenters. The molecule has 59 heavy (non-hydrogen) atoms. The summed E-state index contributed by atoms with van der Waals surface area (Å²) in [5.41, 5.74) is 0.818. The minimum absolute atomic E-state index is 0.0505. The fourth-order valence-electron chi connectivity index (χ4n) is 7.33. The van der Waals surface area contributed by atoms with Gasteiger partial charge in [0.2, 0.25) is 0 Å². The maximum Gasteiger partial charge on any atom is 0.472 e. The van der Waals surface area contributed by atoms with Crippen LogP contribution in [0.15, 0.2) is 36.7 Å². The van der Waals surface area contributed by atoms with Gasteiger partial charge in [-0.2, -0.15) is 10.4 Å². The molecule has 1 unspecified atom stereocenters. The predicted molar refractivity (Wildman–Crippen MR) is 224 cm³/mol. The second-order valence-corrected chi connectivity index (χ2v) is 16.8. The zero-order valence-electron chi connectivity index (χ0n) is 35.1. The Bertz CT molecular complexity index is 1830. The molecule has 14 nitrogen and oxygen atoms in total. The highest BCUT2D eigenvalue weighted by Crippen LogP contribution is 2.46. The highest BCUT2D eigenvalue weighted by molar-refractivity contribution is 7.47. The van der Waals surface area contributed by atoms with Crippen LogP contribution in [0.1, 0.15) is 132 Å². The van der Waals surface area contributed by atoms with Gasteiger partial charge in [0.05, 0.1) is 62.1 Å². The van der Waals surface area contributed by atoms with Gasteiger partial charge in [0, 0.05) is 12.2 Å². The Morgan fingerprint density at radius 3 is 2.20 bits per heavy atom. The van der Waals surface area contributed by atoms with Crippen LogP contribution in [-0.4, -0.2) is 87.7 Å². The van der Waals surface area contributed by atoms with E-state index in [9.17, 15) is 24.9 Å². The molecule has 3 heterocycles. The molecule has 4 rings (SSSR count). The van der Waals surface area contributed by atoms with Crippen LogP contribution in [0.25, 0.3) is 5.52 Å². The number of aliphatic hydroxyl groups is 2. The largest absolute Gasteiger partial charge is 0.496 e. The van der Waals surface area contributed by atoms with Crippen LogP contribution >= 0.6 is 7.82 Å². The number of nitriles is 1. The summed E-state index contributed by atoms with van der Waals surface area (Å²) in [5.74, 6) is 2.91. The summed E-state index contributed by atoms with van der Waals surface area (Å²) in [5, 5.41) is 35.5. The normalized spacial score (nSPS) is 20.6. The van der Waals surface area contributed by atoms with Crippen molar-refractivity contribution in [3.63, 3.8) is 0 Å². The third-order valence-corrected chi connectivity index (χ3v) is 11.8. The number of benzene rings is 1. The zero-order chi connectivity index (χ0) is 42.5. The first-order valence-corrected chi connectivity index (χ1v) is 22.8. The lowest BCUT2D eigenvalue weighted by molar-refractivity contribution is -0.0682. The monoisotopic (exact) mass is 840 g/mol. The molecule has 1 aromatic carbocycles. The SMILES string of the molecule is C#C[C@@]1(c2ccc3c(C)ncnn23)O[C@H](COP(=O)(O)OC[C@@H](COCCCCCCCCCCCCCCCCCC)OCc2ccc(C#N)cc2OC)[C@@H](O)[C@H]1O. The number of aryl methyl sites for hydroxylation is 1. The number of fused-ring (bicyclic) bond motifs is 1. The number of hydrogen-bond donors (Lipinski definition) is 3. The van der Waals surface area contributed by atoms with Gasteiger partial charge in [-0.3, -0.25) is 9.05 Å². The van der Waals surface area contributed by atoms with Crippen molar-refractivity contribution in [3.8, 4) is 24.2 Å². The molecule has 1 aliphatic rings. The third-order valence-electron chi connectivity index (χ3n) is 10.9. The van der Waals surface area contributed by atoms with Gasteiger partial charge in [-0.15, -0.1) is 6.42 Å². The molecule has 1 saturated heterocycles. The molecule has 3 aromatic rings. The van der Waals surface area contributed by atoms with E-state index in [0.717, 1.165) is 19.3 Å². The average Bonchev–Trinajstić information content (AvgIpc) is 3.79. The number of phosphoric ester groups is 1. The van der Waals surface area contributed by atoms with Gasteiger partial charge >= 0.3 is 7.82 Å². The number of methoxy groups -OCH3 is 1. The number of phosphoric acid groups is 1. The molecule has 0 bridgehead atoms. The molecule has 15 heteroatoms. The number of terminal acetylenes is 1. The number of aromatic nitrogens is 3. The summed E-state index contributed by atoms with van der Waals surface area (Å²) >= 11 is 0. The van der Waals surface area contributed by atoms with Crippen molar-refractivity contribution >= 4 is 13.3 Å². The van der Waals surface area contributed by atoms with E-state index in [4.69, 9.17) is 34.4 Å². The molecule has 3 N–H and O–H groups in total. The van der Waals surface area contributed by atoms with Gasteiger partial charge in [0.25, 0.3) is 0 Å². The molecule has 1 aliphatic heterocycles. The molecule has 0 amide bonds. The van der Waals surface area contributed by atoms with Crippen LogP contribution in [0.2, 0.25) is 0 Å². The maximum absolute atomic E-state index is 13.1. The Balaban J connectivity index is 1.22. The number of ether oxygens (including phenoxy) is 4. The van der Waals surface area contributed by atoms with E-state index in [1.165, 1.54) is 101 Å². The molecular formula is C44H65N4O10P. The van der Waals surface area contributed by atoms with Crippen molar-refractivity contribution in [3.05, 3.63) is 59.2 Å². The summed E-state index contributed by atoms with van der Waals surface area (Å²) in [7, 11) is -3.25. The Kier molecular flexibility index (Phi) is 20.8. The van der Waals surface area contributed by atoms with Crippen LogP contribution < -0.4 is 4.74 Å². The van der Waals surface area contributed by atoms with Crippen molar-refractivity contribution in [2.45, 2.75) is 153 Å². The van der Waals surface area contributed by atoms with Crippen molar-refractivity contribution in [2.75, 3.05) is 33.5 Å². The van der Waals surface area contributed by atoms with E-state index in [0.29, 0.717) is 34.7 Å². The number of nitrogens with zero attached hydrogens (tertiary/aromatic N) is 4. The third kappa shape index (κ3) is 14.6. The van der Waals surface area contributed by atoms with Gasteiger partial charge < -0.3 is 34.1 Å². The lowest BCUT2D eigenvalue weighted by atomic mass is 9.92. The summed E-state index contributed by atoms with van der Waals surface area (Å²) in [6.07, 6.45) is 22.3. The maximum atomic E-state index is 13.1. The standard InChI is InChI=1S/C44H65N4O10P/c1-5-7-8-9-10-11-12-13-14-15-16-17-18-19-20-21-26-54-30-37(55-29-36-23-22-35(28-45)27-39(36)53-4)31-56-59(51,52)57-32-40-42(49)43(50)44(6-2,58-40)41-25-24-38-34(3)46-33-47-48(38)41/h2,22-25,27,33,37,40,42-43,49-50H,5,7-21,26,29-32H2,1,3-4H3,(H,51,52)/t37-,40-,42-,43-,44+/m1/s1. The Hall–Kier alpha value is -3.40. The first kappa shape index (κ1) is 48.3. The quantitative estimate of drug-likeness (QED) is 0.0335. The van der Waals surface area contributed by atoms with Crippen LogP contribution in [0, 0.1) is 30.6 Å². The highest BCUT2D eigenvalue weighted by atomic mass is 31.2. The second-order valence-electron chi connectivity index (χ2n) is 15.3. The molecule has 0 radical (unpaired) electrons. The van der Waals surface area contributed by atoms with E-state index in [2.05, 4.69) is 29.0 Å². The minimum atomic E-state index is -4.75. The van der Waals surface area contributed by atoms with Crippen molar-refractivity contribution in [1.29, 1.82) is 5.26 Å². The van der Waals surface area contributed by atoms with Gasteiger partial charge in [0.1, 0.15) is 36.5 Å². The van der Waals surface area contributed by atoms with Crippen molar-refractivity contribution in [2.24, 2.45) is 0 Å². The van der Waals surface area contributed by atoms with E-state index < -0.39 is 44.4 Å². The topological polar surface area (TPSA) is 187 Å². The molecule has 0 saturated carbocycles. The molecule has 326 valence electrons. The first-order valence-electron chi connectivity index (χ1n) is 21.3. The minimum Gasteiger partial charge on any atom is -0.496 e. The fourth-order valence-corrected chi connectivity index (χ4v) is 8.10. The smallest absolute Gasteiger partial charge is 0.472 e. The Labute approximate surface area is 350 Å². The fraction of sp³-hybridized carbons (Fsp3) is 0.659. The van der Waals surface area contributed by atoms with E-state index in [1.807, 2.05) is 0 Å². The zero-order valence-corrected chi connectivity index (χ0v) is 36.0. The molecular weight excluding hydrogens is 775 g/mol. The van der Waals surface area contributed by atoms with Crippen LogP contribution in [0.5, 0.6) is 5.75 Å². The number of aliphatic hydroxyl groups excluding tert-OH is 2. The Morgan fingerprint density at radius 2 is 1.59 bits per heavy atom. The Morgan fingerprint density at radius 1 is 0.949 bits per heavy atom. The van der Waals surface area contributed by atoms with E-state index in [-0.39, 0.29) is 25.5 Å². The van der Waals surface area contributed by atoms with Crippen LogP contribution in [0.3, 0.4) is 0 Å². The lowest BCUT2D eigenvalue weighted by Crippen LogP contribution is -2.41. The van der Waals surface area contributed by atoms with Crippen LogP contribution in [0.4, 0.5) is 0 Å². The van der Waals surface area contributed by atoms with Gasteiger partial charge in [-0.25, -0.2) is 14.1 Å². The molecule has 1 fully saturated rings. The summed E-state index contributed by atoms with van der Waals surface area (Å²) in [4.78, 5) is 14.8. The lowest BCUT2D eigenvalue weighted by Gasteiger charge is -2.26. The van der Waals surface area contributed by atoms with Gasteiger partial charge in [-0.1, -0.05) is 115 Å². The van der Waals surface area contributed by atoms with Gasteiger partial charge in [0.15, 0.2) is 5.60 Å². The number of unbranched alkanes of at least 4 members (excludes halogenated alkanes) is 15.